The second kappa shape index (κ2) is 8.59. The smallest absolute Gasteiger partial charge is 0.251 e. The Labute approximate surface area is 249 Å². The fraction of sp³-hybridized carbons (Fsp3) is 0.184. The quantitative estimate of drug-likeness (QED) is 0.248. The van der Waals surface area contributed by atoms with Crippen LogP contribution in [0, 0.1) is 5.92 Å². The van der Waals surface area contributed by atoms with Crippen LogP contribution in [0.3, 0.4) is 0 Å². The van der Waals surface area contributed by atoms with Gasteiger partial charge in [0.1, 0.15) is 11.0 Å². The van der Waals surface area contributed by atoms with Gasteiger partial charge in [-0.05, 0) is 52.9 Å². The Balaban J connectivity index is 1.33. The lowest BCUT2D eigenvalue weighted by Crippen LogP contribution is -2.62. The van der Waals surface area contributed by atoms with Crippen LogP contribution in [0.1, 0.15) is 44.7 Å². The Kier molecular flexibility index (Phi) is 4.93. The van der Waals surface area contributed by atoms with E-state index in [2.05, 4.69) is 10.2 Å². The van der Waals surface area contributed by atoms with Crippen LogP contribution in [0.5, 0.6) is 0 Å². The number of anilines is 1. The van der Waals surface area contributed by atoms with Crippen molar-refractivity contribution in [3.05, 3.63) is 138 Å². The van der Waals surface area contributed by atoms with Gasteiger partial charge in [-0.15, -0.1) is 0 Å². The van der Waals surface area contributed by atoms with E-state index in [1.807, 2.05) is 115 Å². The highest BCUT2D eigenvalue weighted by Gasteiger charge is 2.80. The van der Waals surface area contributed by atoms with Crippen molar-refractivity contribution in [1.29, 1.82) is 0 Å². The molecule has 5 aromatic rings. The number of nitrogens with one attached hydrogen (secondary N) is 1. The van der Waals surface area contributed by atoms with Crippen molar-refractivity contribution in [2.45, 2.75) is 29.8 Å². The van der Waals surface area contributed by atoms with Crippen LogP contribution in [0.2, 0.25) is 0 Å². The number of ketones is 2. The van der Waals surface area contributed by atoms with Gasteiger partial charge in [0.05, 0.1) is 5.92 Å². The summed E-state index contributed by atoms with van der Waals surface area (Å²) in [7, 11) is 0. The Morgan fingerprint density at radius 2 is 1.44 bits per heavy atom. The summed E-state index contributed by atoms with van der Waals surface area (Å²) < 4.78 is 0. The predicted octanol–water partition coefficient (Wildman–Crippen LogP) is 6.77. The van der Waals surface area contributed by atoms with Gasteiger partial charge in [0.25, 0.3) is 5.91 Å². The average molecular weight is 561 g/mol. The van der Waals surface area contributed by atoms with E-state index in [9.17, 15) is 4.79 Å². The number of amides is 1. The molecule has 1 unspecified atom stereocenters. The maximum absolute atomic E-state index is 15.3. The SMILES string of the molecule is O=C(c1ccc(-c2ccccc2)cc1)[C@H]1C2CCCN2[C@@]2(C(=O)Nc3ccccc32)[C@]12C(=O)c1cccc3cccc2c13. The molecule has 0 saturated carbocycles. The third-order valence-corrected chi connectivity index (χ3v) is 10.5. The maximum Gasteiger partial charge on any atom is 0.251 e. The van der Waals surface area contributed by atoms with Crippen LogP contribution in [0.25, 0.3) is 21.9 Å². The zero-order valence-corrected chi connectivity index (χ0v) is 23.4. The van der Waals surface area contributed by atoms with E-state index < -0.39 is 16.9 Å². The molecule has 0 radical (unpaired) electrons. The fourth-order valence-electron chi connectivity index (χ4n) is 9.08. The van der Waals surface area contributed by atoms with E-state index in [-0.39, 0.29) is 23.5 Å². The van der Waals surface area contributed by atoms with E-state index in [1.165, 1.54) is 0 Å². The molecule has 4 aliphatic rings. The highest BCUT2D eigenvalue weighted by Crippen LogP contribution is 2.68. The topological polar surface area (TPSA) is 66.5 Å². The van der Waals surface area contributed by atoms with Crippen molar-refractivity contribution in [3.63, 3.8) is 0 Å². The van der Waals surface area contributed by atoms with Crippen LogP contribution in [0.15, 0.2) is 115 Å². The molecule has 5 aromatic carbocycles. The van der Waals surface area contributed by atoms with Gasteiger partial charge in [-0.3, -0.25) is 19.3 Å². The molecule has 3 aliphatic heterocycles. The fourth-order valence-corrected chi connectivity index (χ4v) is 9.08. The first-order valence-corrected chi connectivity index (χ1v) is 15.0. The van der Waals surface area contributed by atoms with Crippen LogP contribution in [0.4, 0.5) is 5.69 Å². The Bertz CT molecular complexity index is 2010. The number of nitrogens with zero attached hydrogens (tertiary/aromatic N) is 1. The number of carbonyl (C=O) groups excluding carboxylic acids is 3. The van der Waals surface area contributed by atoms with Gasteiger partial charge in [0.15, 0.2) is 11.6 Å². The zero-order chi connectivity index (χ0) is 28.9. The van der Waals surface area contributed by atoms with Crippen molar-refractivity contribution >= 4 is 33.9 Å². The molecule has 2 spiro atoms. The van der Waals surface area contributed by atoms with E-state index in [4.69, 9.17) is 0 Å². The lowest BCUT2D eigenvalue weighted by molar-refractivity contribution is -0.128. The molecule has 9 rings (SSSR count). The molecule has 5 heteroatoms. The second-order valence-corrected chi connectivity index (χ2v) is 12.2. The van der Waals surface area contributed by atoms with Crippen molar-refractivity contribution in [2.24, 2.45) is 5.92 Å². The summed E-state index contributed by atoms with van der Waals surface area (Å²) in [5.41, 5.74) is 2.83. The summed E-state index contributed by atoms with van der Waals surface area (Å²) >= 11 is 0. The normalized spacial score (nSPS) is 26.8. The van der Waals surface area contributed by atoms with E-state index in [1.54, 1.807) is 0 Å². The van der Waals surface area contributed by atoms with Crippen LogP contribution in [-0.4, -0.2) is 35.0 Å². The predicted molar refractivity (Wildman–Crippen MR) is 166 cm³/mol. The summed E-state index contributed by atoms with van der Waals surface area (Å²) in [5, 5.41) is 4.97. The van der Waals surface area contributed by atoms with E-state index in [0.717, 1.165) is 45.9 Å². The molecule has 5 nitrogen and oxygen atoms in total. The molecule has 1 N–H and O–H groups in total. The number of rotatable bonds is 3. The molecular formula is C38H28N2O3. The Hall–Kier alpha value is -4.87. The zero-order valence-electron chi connectivity index (χ0n) is 23.4. The molecule has 2 saturated heterocycles. The monoisotopic (exact) mass is 560 g/mol. The number of hydrogen-bond donors (Lipinski definition) is 1. The van der Waals surface area contributed by atoms with Crippen LogP contribution >= 0.6 is 0 Å². The van der Waals surface area contributed by atoms with Crippen molar-refractivity contribution in [1.82, 2.24) is 4.90 Å². The summed E-state index contributed by atoms with van der Waals surface area (Å²) in [4.78, 5) is 47.2. The van der Waals surface area contributed by atoms with Crippen molar-refractivity contribution in [2.75, 3.05) is 11.9 Å². The average Bonchev–Trinajstić information content (AvgIpc) is 3.77. The van der Waals surface area contributed by atoms with Crippen LogP contribution in [-0.2, 0) is 15.7 Å². The molecule has 4 atom stereocenters. The number of Topliss-reactive ketones (excluding diaryl/α,β-unsaturated/α-hetero) is 2. The maximum atomic E-state index is 15.3. The molecule has 208 valence electrons. The van der Waals surface area contributed by atoms with Crippen molar-refractivity contribution < 1.29 is 14.4 Å². The van der Waals surface area contributed by atoms with Crippen molar-refractivity contribution in [3.8, 4) is 11.1 Å². The molecule has 0 bridgehead atoms. The summed E-state index contributed by atoms with van der Waals surface area (Å²) in [6, 6.07) is 37.0. The highest BCUT2D eigenvalue weighted by atomic mass is 16.2. The number of benzene rings is 5. The molecule has 1 aliphatic carbocycles. The number of hydrogen-bond acceptors (Lipinski definition) is 4. The molecule has 2 fully saturated rings. The largest absolute Gasteiger partial charge is 0.324 e. The first-order chi connectivity index (χ1) is 21.1. The minimum Gasteiger partial charge on any atom is -0.324 e. The van der Waals surface area contributed by atoms with E-state index in [0.29, 0.717) is 23.4 Å². The summed E-state index contributed by atoms with van der Waals surface area (Å²) in [6.07, 6.45) is 1.61. The van der Waals surface area contributed by atoms with Gasteiger partial charge in [-0.1, -0.05) is 109 Å². The number of para-hydroxylation sites is 1. The van der Waals surface area contributed by atoms with Crippen LogP contribution < -0.4 is 5.32 Å². The minimum absolute atomic E-state index is 0.0799. The molecule has 43 heavy (non-hydrogen) atoms. The lowest BCUT2D eigenvalue weighted by atomic mass is 9.56. The van der Waals surface area contributed by atoms with Gasteiger partial charge >= 0.3 is 0 Å². The van der Waals surface area contributed by atoms with Gasteiger partial charge in [0, 0.05) is 28.4 Å². The highest BCUT2D eigenvalue weighted by molar-refractivity contribution is 6.27. The Morgan fingerprint density at radius 3 is 2.26 bits per heavy atom. The summed E-state index contributed by atoms with van der Waals surface area (Å²) in [5.74, 6) is -1.16. The van der Waals surface area contributed by atoms with E-state index >= 15 is 9.59 Å². The molecule has 1 amide bonds. The second-order valence-electron chi connectivity index (χ2n) is 12.2. The Morgan fingerprint density at radius 1 is 0.744 bits per heavy atom. The summed E-state index contributed by atoms with van der Waals surface area (Å²) in [6.45, 7) is 0.643. The molecule has 0 aromatic heterocycles. The first-order valence-electron chi connectivity index (χ1n) is 15.0. The first kappa shape index (κ1) is 24.7. The minimum atomic E-state index is -1.41. The van der Waals surface area contributed by atoms with Gasteiger partial charge in [0.2, 0.25) is 0 Å². The molecule has 3 heterocycles. The third kappa shape index (κ3) is 2.84. The third-order valence-electron chi connectivity index (χ3n) is 10.5. The van der Waals surface area contributed by atoms with Gasteiger partial charge in [-0.25, -0.2) is 0 Å². The molecular weight excluding hydrogens is 532 g/mol. The number of fused-ring (bicyclic) bond motifs is 6. The van der Waals surface area contributed by atoms with Gasteiger partial charge < -0.3 is 5.32 Å². The number of carbonyl (C=O) groups is 3. The standard InChI is InChI=1S/C38H28N2O3/c41-34(26-20-18-24(19-21-26)23-9-2-1-3-10-23)33-31-17-8-22-40(31)38(28-14-4-5-16-30(28)39-36(38)43)37(33)29-15-7-12-25-11-6-13-27(32(25)29)35(37)42/h1-7,9-16,18-21,31,33H,8,17,22H2,(H,39,43)/t31?,33-,37+,38+/m1/s1. The van der Waals surface area contributed by atoms with Gasteiger partial charge in [-0.2, -0.15) is 0 Å². The lowest BCUT2D eigenvalue weighted by Gasteiger charge is -2.44.